The van der Waals surface area contributed by atoms with Crippen molar-refractivity contribution >= 4 is 16.9 Å². The van der Waals surface area contributed by atoms with Gasteiger partial charge in [0.25, 0.3) is 5.91 Å². The molecular formula is C20H28N4O3. The highest BCUT2D eigenvalue weighted by atomic mass is 16.5. The Balaban J connectivity index is 1.48. The van der Waals surface area contributed by atoms with Crippen molar-refractivity contribution in [1.29, 1.82) is 0 Å². The molecule has 0 radical (unpaired) electrons. The third-order valence-electron chi connectivity index (χ3n) is 5.64. The average Bonchev–Trinajstić information content (AvgIpc) is 3.07. The maximum absolute atomic E-state index is 13.1. The Morgan fingerprint density at radius 1 is 1.30 bits per heavy atom. The third-order valence-corrected chi connectivity index (χ3v) is 5.64. The zero-order valence-corrected chi connectivity index (χ0v) is 15.9. The molecule has 0 saturated carbocycles. The summed E-state index contributed by atoms with van der Waals surface area (Å²) in [5, 5.41) is 9.74. The number of hydrogen-bond acceptors (Lipinski definition) is 5. The molecule has 0 aliphatic carbocycles. The predicted molar refractivity (Wildman–Crippen MR) is 103 cm³/mol. The number of amides is 1. The Morgan fingerprint density at radius 2 is 2.07 bits per heavy atom. The number of aromatic amines is 1. The van der Waals surface area contributed by atoms with E-state index in [1.54, 1.807) is 0 Å². The molecule has 2 saturated heterocycles. The van der Waals surface area contributed by atoms with Gasteiger partial charge in [0.1, 0.15) is 5.82 Å². The van der Waals surface area contributed by atoms with Crippen LogP contribution in [0.25, 0.3) is 11.0 Å². The highest BCUT2D eigenvalue weighted by Gasteiger charge is 2.31. The molecule has 0 unspecified atom stereocenters. The lowest BCUT2D eigenvalue weighted by Gasteiger charge is -2.40. The first-order chi connectivity index (χ1) is 13.1. The summed E-state index contributed by atoms with van der Waals surface area (Å²) in [5.74, 6) is 1.41. The summed E-state index contributed by atoms with van der Waals surface area (Å²) in [5.41, 5.74) is 2.44. The third kappa shape index (κ3) is 4.15. The molecule has 3 heterocycles. The molecule has 146 valence electrons. The Morgan fingerprint density at radius 3 is 2.85 bits per heavy atom. The number of benzene rings is 1. The van der Waals surface area contributed by atoms with E-state index < -0.39 is 0 Å². The van der Waals surface area contributed by atoms with Crippen LogP contribution in [-0.4, -0.2) is 83.3 Å². The number of aromatic nitrogens is 2. The van der Waals surface area contributed by atoms with Gasteiger partial charge in [0, 0.05) is 44.9 Å². The molecule has 2 aliphatic rings. The summed E-state index contributed by atoms with van der Waals surface area (Å²) in [4.78, 5) is 25.1. The maximum atomic E-state index is 13.1. The molecule has 4 rings (SSSR count). The van der Waals surface area contributed by atoms with Gasteiger partial charge in [-0.1, -0.05) is 0 Å². The van der Waals surface area contributed by atoms with Crippen LogP contribution in [0.4, 0.5) is 0 Å². The Hall–Kier alpha value is -1.96. The van der Waals surface area contributed by atoms with Crippen molar-refractivity contribution in [3.8, 4) is 0 Å². The number of ether oxygens (including phenoxy) is 1. The first-order valence-corrected chi connectivity index (χ1v) is 9.79. The second-order valence-corrected chi connectivity index (χ2v) is 7.83. The number of carbonyl (C=O) groups excluding carboxylic acids is 1. The number of H-pyrrole nitrogens is 1. The molecule has 1 aromatic heterocycles. The molecule has 7 heteroatoms. The van der Waals surface area contributed by atoms with Crippen LogP contribution in [0.3, 0.4) is 0 Å². The van der Waals surface area contributed by atoms with Gasteiger partial charge in [0.05, 0.1) is 24.2 Å². The fourth-order valence-corrected chi connectivity index (χ4v) is 4.35. The minimum absolute atomic E-state index is 0.0364. The molecule has 0 bridgehead atoms. The van der Waals surface area contributed by atoms with Crippen LogP contribution in [0.2, 0.25) is 0 Å². The normalized spacial score (nSPS) is 24.4. The minimum atomic E-state index is 0.0364. The van der Waals surface area contributed by atoms with Gasteiger partial charge in [-0.25, -0.2) is 4.98 Å². The molecular weight excluding hydrogens is 344 g/mol. The van der Waals surface area contributed by atoms with E-state index in [9.17, 15) is 9.90 Å². The van der Waals surface area contributed by atoms with Gasteiger partial charge in [-0.15, -0.1) is 0 Å². The van der Waals surface area contributed by atoms with Crippen molar-refractivity contribution in [3.05, 3.63) is 29.6 Å². The number of fused-ring (bicyclic) bond motifs is 1. The zero-order chi connectivity index (χ0) is 18.8. The van der Waals surface area contributed by atoms with Gasteiger partial charge >= 0.3 is 0 Å². The summed E-state index contributed by atoms with van der Waals surface area (Å²) >= 11 is 0. The summed E-state index contributed by atoms with van der Waals surface area (Å²) in [6.45, 7) is 7.82. The van der Waals surface area contributed by atoms with Crippen molar-refractivity contribution in [2.75, 3.05) is 52.5 Å². The van der Waals surface area contributed by atoms with E-state index >= 15 is 0 Å². The number of likely N-dealkylation sites (tertiary alicyclic amines) is 1. The monoisotopic (exact) mass is 372 g/mol. The molecule has 0 spiro atoms. The van der Waals surface area contributed by atoms with Gasteiger partial charge in [-0.05, 0) is 43.4 Å². The van der Waals surface area contributed by atoms with Gasteiger partial charge in [-0.3, -0.25) is 9.69 Å². The van der Waals surface area contributed by atoms with Crippen molar-refractivity contribution in [2.24, 2.45) is 11.8 Å². The predicted octanol–water partition coefficient (Wildman–Crippen LogP) is 1.27. The van der Waals surface area contributed by atoms with Crippen LogP contribution in [0.1, 0.15) is 22.6 Å². The average molecular weight is 372 g/mol. The van der Waals surface area contributed by atoms with Gasteiger partial charge in [0.2, 0.25) is 0 Å². The van der Waals surface area contributed by atoms with Crippen LogP contribution in [0.5, 0.6) is 0 Å². The Bertz CT molecular complexity index is 800. The summed E-state index contributed by atoms with van der Waals surface area (Å²) in [7, 11) is 0. The number of morpholine rings is 1. The number of hydrogen-bond donors (Lipinski definition) is 2. The number of carbonyl (C=O) groups is 1. The van der Waals surface area contributed by atoms with Gasteiger partial charge in [-0.2, -0.15) is 0 Å². The van der Waals surface area contributed by atoms with E-state index in [2.05, 4.69) is 14.9 Å². The SMILES string of the molecule is Cc1nc2ccc(C(=O)N3C[C@@H](CN4CCOCC4)C[C@H](CO)C3)cc2[nH]1. The van der Waals surface area contributed by atoms with E-state index in [1.807, 2.05) is 30.0 Å². The topological polar surface area (TPSA) is 81.7 Å². The first kappa shape index (κ1) is 18.4. The highest BCUT2D eigenvalue weighted by molar-refractivity contribution is 5.97. The van der Waals surface area contributed by atoms with E-state index in [-0.39, 0.29) is 18.4 Å². The van der Waals surface area contributed by atoms with E-state index in [1.165, 1.54) is 0 Å². The van der Waals surface area contributed by atoms with Crippen LogP contribution in [0.15, 0.2) is 18.2 Å². The number of piperidine rings is 1. The van der Waals surface area contributed by atoms with E-state index in [4.69, 9.17) is 4.74 Å². The zero-order valence-electron chi connectivity index (χ0n) is 15.9. The van der Waals surface area contributed by atoms with E-state index in [0.29, 0.717) is 18.0 Å². The molecule has 1 amide bonds. The number of nitrogens with one attached hydrogen (secondary N) is 1. The van der Waals surface area contributed by atoms with Crippen LogP contribution < -0.4 is 0 Å². The first-order valence-electron chi connectivity index (χ1n) is 9.79. The second kappa shape index (κ2) is 7.96. The summed E-state index contributed by atoms with van der Waals surface area (Å²) in [6.07, 6.45) is 0.969. The number of aliphatic hydroxyl groups is 1. The fraction of sp³-hybridized carbons (Fsp3) is 0.600. The molecule has 2 aliphatic heterocycles. The number of aliphatic hydroxyl groups excluding tert-OH is 1. The van der Waals surface area contributed by atoms with Crippen molar-refractivity contribution in [2.45, 2.75) is 13.3 Å². The standard InChI is InChI=1S/C20H28N4O3/c1-14-21-18-3-2-17(9-19(18)22-14)20(26)24-11-15(8-16(12-24)13-25)10-23-4-6-27-7-5-23/h2-3,9,15-16,25H,4-8,10-13H2,1H3,(H,21,22)/t15-,16+/m1/s1. The molecule has 2 fully saturated rings. The van der Waals surface area contributed by atoms with Crippen molar-refractivity contribution in [3.63, 3.8) is 0 Å². The molecule has 2 N–H and O–H groups in total. The molecule has 2 atom stereocenters. The fourth-order valence-electron chi connectivity index (χ4n) is 4.35. The molecule has 1 aromatic carbocycles. The number of nitrogens with zero attached hydrogens (tertiary/aromatic N) is 3. The van der Waals surface area contributed by atoms with Gasteiger partial charge in [0.15, 0.2) is 0 Å². The summed E-state index contributed by atoms with van der Waals surface area (Å²) in [6, 6.07) is 5.63. The van der Waals surface area contributed by atoms with Crippen LogP contribution >= 0.6 is 0 Å². The number of aryl methyl sites for hydroxylation is 1. The number of rotatable bonds is 4. The molecule has 7 nitrogen and oxygen atoms in total. The largest absolute Gasteiger partial charge is 0.396 e. The summed E-state index contributed by atoms with van der Waals surface area (Å²) < 4.78 is 5.43. The van der Waals surface area contributed by atoms with Crippen molar-refractivity contribution < 1.29 is 14.6 Å². The van der Waals surface area contributed by atoms with Crippen LogP contribution in [0, 0.1) is 18.8 Å². The minimum Gasteiger partial charge on any atom is -0.396 e. The highest BCUT2D eigenvalue weighted by Crippen LogP contribution is 2.25. The second-order valence-electron chi connectivity index (χ2n) is 7.83. The Labute approximate surface area is 159 Å². The van der Waals surface area contributed by atoms with Gasteiger partial charge < -0.3 is 19.7 Å². The van der Waals surface area contributed by atoms with Crippen molar-refractivity contribution in [1.82, 2.24) is 19.8 Å². The number of imidazole rings is 1. The van der Waals surface area contributed by atoms with Crippen LogP contribution in [-0.2, 0) is 4.74 Å². The molecule has 2 aromatic rings. The lowest BCUT2D eigenvalue weighted by molar-refractivity contribution is 0.0130. The Kier molecular flexibility index (Phi) is 5.43. The quantitative estimate of drug-likeness (QED) is 0.845. The maximum Gasteiger partial charge on any atom is 0.253 e. The molecule has 27 heavy (non-hydrogen) atoms. The smallest absolute Gasteiger partial charge is 0.253 e. The lowest BCUT2D eigenvalue weighted by atomic mass is 9.88. The van der Waals surface area contributed by atoms with E-state index in [0.717, 1.165) is 62.7 Å². The lowest BCUT2D eigenvalue weighted by Crippen LogP contribution is -2.49.